The number of carbonyl (C=O) groups excluding carboxylic acids is 1. The van der Waals surface area contributed by atoms with Crippen molar-refractivity contribution in [1.29, 1.82) is 0 Å². The Balaban J connectivity index is 1.93. The molecule has 0 bridgehead atoms. The molecule has 0 spiro atoms. The fraction of sp³-hybridized carbons (Fsp3) is 0.111. The number of nitrogens with zero attached hydrogens (tertiary/aromatic N) is 3. The summed E-state index contributed by atoms with van der Waals surface area (Å²) in [4.78, 5) is 33.1. The minimum absolute atomic E-state index is 0.00830. The summed E-state index contributed by atoms with van der Waals surface area (Å²) in [6.07, 6.45) is 6.39. The molecule has 7 heteroatoms. The molecule has 0 saturated carbocycles. The van der Waals surface area contributed by atoms with Crippen molar-refractivity contribution >= 4 is 11.7 Å². The van der Waals surface area contributed by atoms with Gasteiger partial charge in [0.1, 0.15) is 5.56 Å². The third-order valence-corrected chi connectivity index (χ3v) is 3.69. The molecule has 0 unspecified atom stereocenters. The van der Waals surface area contributed by atoms with Crippen LogP contribution in [0.3, 0.4) is 0 Å². The molecule has 3 aromatic heterocycles. The lowest BCUT2D eigenvalue weighted by atomic mass is 10.1. The first-order chi connectivity index (χ1) is 12.1. The minimum atomic E-state index is -0.614. The summed E-state index contributed by atoms with van der Waals surface area (Å²) < 4.78 is 1.44. The number of aromatic hydroxyl groups is 1. The lowest BCUT2D eigenvalue weighted by molar-refractivity contribution is 0.102. The normalized spacial score (nSPS) is 10.4. The van der Waals surface area contributed by atoms with Gasteiger partial charge in [0.15, 0.2) is 11.6 Å². The van der Waals surface area contributed by atoms with Gasteiger partial charge in [-0.15, -0.1) is 0 Å². The summed E-state index contributed by atoms with van der Waals surface area (Å²) in [6, 6.07) is 8.28. The van der Waals surface area contributed by atoms with Crippen molar-refractivity contribution in [1.82, 2.24) is 14.5 Å². The molecule has 0 saturated heterocycles. The Morgan fingerprint density at radius 1 is 1.24 bits per heavy atom. The Morgan fingerprint density at radius 3 is 2.76 bits per heavy atom. The molecular formula is C18H16N4O3. The van der Waals surface area contributed by atoms with Crippen molar-refractivity contribution in [3.63, 3.8) is 0 Å². The summed E-state index contributed by atoms with van der Waals surface area (Å²) in [5.41, 5.74) is 0.982. The van der Waals surface area contributed by atoms with Gasteiger partial charge in [-0.25, -0.2) is 4.98 Å². The van der Waals surface area contributed by atoms with E-state index in [1.54, 1.807) is 43.7 Å². The molecule has 126 valence electrons. The Bertz CT molecular complexity index is 968. The van der Waals surface area contributed by atoms with Gasteiger partial charge in [0, 0.05) is 24.8 Å². The number of amides is 1. The Hall–Kier alpha value is -3.48. The lowest BCUT2D eigenvalue weighted by Crippen LogP contribution is -2.30. The summed E-state index contributed by atoms with van der Waals surface area (Å²) in [6.45, 7) is 1.99. The van der Waals surface area contributed by atoms with E-state index in [4.69, 9.17) is 0 Å². The molecule has 3 heterocycles. The Morgan fingerprint density at radius 2 is 2.04 bits per heavy atom. The third-order valence-electron chi connectivity index (χ3n) is 3.69. The molecule has 0 aromatic carbocycles. The van der Waals surface area contributed by atoms with E-state index in [-0.39, 0.29) is 17.1 Å². The van der Waals surface area contributed by atoms with E-state index >= 15 is 0 Å². The van der Waals surface area contributed by atoms with Crippen LogP contribution in [0.25, 0.3) is 0 Å². The van der Waals surface area contributed by atoms with Crippen molar-refractivity contribution in [2.24, 2.45) is 0 Å². The second-order valence-electron chi connectivity index (χ2n) is 5.49. The smallest absolute Gasteiger partial charge is 0.263 e. The van der Waals surface area contributed by atoms with Crippen LogP contribution in [0.4, 0.5) is 5.82 Å². The third kappa shape index (κ3) is 3.55. The highest BCUT2D eigenvalue weighted by molar-refractivity contribution is 6.05. The van der Waals surface area contributed by atoms with E-state index in [0.717, 1.165) is 5.56 Å². The van der Waals surface area contributed by atoms with Crippen molar-refractivity contribution < 1.29 is 9.90 Å². The van der Waals surface area contributed by atoms with Crippen LogP contribution in [-0.2, 0) is 6.54 Å². The first kappa shape index (κ1) is 16.4. The van der Waals surface area contributed by atoms with Gasteiger partial charge in [0.2, 0.25) is 0 Å². The summed E-state index contributed by atoms with van der Waals surface area (Å²) in [5.74, 6) is -0.772. The molecule has 0 aliphatic rings. The molecule has 3 aromatic rings. The topological polar surface area (TPSA) is 97.1 Å². The van der Waals surface area contributed by atoms with Crippen LogP contribution in [0, 0.1) is 6.92 Å². The van der Waals surface area contributed by atoms with Gasteiger partial charge in [-0.2, -0.15) is 0 Å². The molecular weight excluding hydrogens is 320 g/mol. The van der Waals surface area contributed by atoms with Gasteiger partial charge in [0.05, 0.1) is 6.54 Å². The zero-order chi connectivity index (χ0) is 17.8. The lowest BCUT2D eigenvalue weighted by Gasteiger charge is -2.11. The maximum atomic E-state index is 12.7. The van der Waals surface area contributed by atoms with E-state index < -0.39 is 11.5 Å². The molecule has 7 nitrogen and oxygen atoms in total. The van der Waals surface area contributed by atoms with Gasteiger partial charge in [-0.05, 0) is 42.3 Å². The van der Waals surface area contributed by atoms with Crippen LogP contribution in [0.2, 0.25) is 0 Å². The number of aryl methyl sites for hydroxylation is 1. The molecule has 0 aliphatic carbocycles. The maximum absolute atomic E-state index is 12.7. The fourth-order valence-electron chi connectivity index (χ4n) is 2.42. The van der Waals surface area contributed by atoms with Crippen molar-refractivity contribution in [3.05, 3.63) is 82.2 Å². The number of aromatic nitrogens is 3. The zero-order valence-electron chi connectivity index (χ0n) is 13.5. The van der Waals surface area contributed by atoms with Crippen LogP contribution in [0.15, 0.2) is 59.9 Å². The largest absolute Gasteiger partial charge is 0.504 e. The predicted octanol–water partition coefficient (Wildman–Crippen LogP) is 1.95. The summed E-state index contributed by atoms with van der Waals surface area (Å²) in [5, 5.41) is 12.2. The second-order valence-corrected chi connectivity index (χ2v) is 5.49. The Kier molecular flexibility index (Phi) is 4.56. The standard InChI is InChI=1S/C18H16N4O3/c1-12-6-9-22(11-13-4-2-7-19-10-13)18(25)15(12)17(24)21-16-14(23)5-3-8-20-16/h2-10,23H,11H2,1H3,(H,20,21,24). The molecule has 0 fully saturated rings. The van der Waals surface area contributed by atoms with Crippen LogP contribution in [0.1, 0.15) is 21.5 Å². The van der Waals surface area contributed by atoms with Crippen LogP contribution in [0.5, 0.6) is 5.75 Å². The number of anilines is 1. The first-order valence-electron chi connectivity index (χ1n) is 7.60. The number of carbonyl (C=O) groups is 1. The van der Waals surface area contributed by atoms with Crippen LogP contribution < -0.4 is 10.9 Å². The van der Waals surface area contributed by atoms with E-state index in [0.29, 0.717) is 12.1 Å². The van der Waals surface area contributed by atoms with E-state index in [1.165, 1.54) is 16.8 Å². The minimum Gasteiger partial charge on any atom is -0.504 e. The highest BCUT2D eigenvalue weighted by Gasteiger charge is 2.17. The molecule has 0 atom stereocenters. The van der Waals surface area contributed by atoms with Crippen LogP contribution >= 0.6 is 0 Å². The average molecular weight is 336 g/mol. The fourth-order valence-corrected chi connectivity index (χ4v) is 2.42. The summed E-state index contributed by atoms with van der Waals surface area (Å²) in [7, 11) is 0. The van der Waals surface area contributed by atoms with Crippen LogP contribution in [-0.4, -0.2) is 25.5 Å². The predicted molar refractivity (Wildman–Crippen MR) is 92.6 cm³/mol. The van der Waals surface area contributed by atoms with Crippen molar-refractivity contribution in [2.45, 2.75) is 13.5 Å². The number of rotatable bonds is 4. The van der Waals surface area contributed by atoms with Gasteiger partial charge >= 0.3 is 0 Å². The van der Waals surface area contributed by atoms with E-state index in [1.807, 2.05) is 6.07 Å². The van der Waals surface area contributed by atoms with Crippen molar-refractivity contribution in [2.75, 3.05) is 5.32 Å². The quantitative estimate of drug-likeness (QED) is 0.759. The van der Waals surface area contributed by atoms with E-state index in [2.05, 4.69) is 15.3 Å². The number of nitrogens with one attached hydrogen (secondary N) is 1. The second kappa shape index (κ2) is 6.96. The summed E-state index contributed by atoms with van der Waals surface area (Å²) >= 11 is 0. The SMILES string of the molecule is Cc1ccn(Cc2cccnc2)c(=O)c1C(=O)Nc1ncccc1O. The highest BCUT2D eigenvalue weighted by Crippen LogP contribution is 2.19. The molecule has 1 amide bonds. The maximum Gasteiger partial charge on any atom is 0.263 e. The number of hydrogen-bond donors (Lipinski definition) is 2. The van der Waals surface area contributed by atoms with Crippen molar-refractivity contribution in [3.8, 4) is 5.75 Å². The van der Waals surface area contributed by atoms with E-state index in [9.17, 15) is 14.7 Å². The molecule has 0 aliphatic heterocycles. The monoisotopic (exact) mass is 336 g/mol. The highest BCUT2D eigenvalue weighted by atomic mass is 16.3. The van der Waals surface area contributed by atoms with Gasteiger partial charge in [-0.3, -0.25) is 14.6 Å². The van der Waals surface area contributed by atoms with Gasteiger partial charge in [0.25, 0.3) is 11.5 Å². The number of pyridine rings is 3. The van der Waals surface area contributed by atoms with Gasteiger partial charge in [-0.1, -0.05) is 6.07 Å². The Labute approximate surface area is 143 Å². The molecule has 2 N–H and O–H groups in total. The number of hydrogen-bond acceptors (Lipinski definition) is 5. The zero-order valence-corrected chi connectivity index (χ0v) is 13.5. The first-order valence-corrected chi connectivity index (χ1v) is 7.60. The molecule has 0 radical (unpaired) electrons. The molecule has 25 heavy (non-hydrogen) atoms. The van der Waals surface area contributed by atoms with Gasteiger partial charge < -0.3 is 15.0 Å². The average Bonchev–Trinajstić information content (AvgIpc) is 2.60. The molecule has 3 rings (SSSR count).